The Morgan fingerprint density at radius 1 is 1.20 bits per heavy atom. The van der Waals surface area contributed by atoms with Gasteiger partial charge in [0.15, 0.2) is 0 Å². The van der Waals surface area contributed by atoms with Gasteiger partial charge in [-0.1, -0.05) is 12.1 Å². The van der Waals surface area contributed by atoms with Gasteiger partial charge in [-0.15, -0.1) is 0 Å². The van der Waals surface area contributed by atoms with E-state index >= 15 is 0 Å². The Bertz CT molecular complexity index is 298. The van der Waals surface area contributed by atoms with Crippen LogP contribution >= 0.6 is 0 Å². The molecule has 1 aromatic rings. The minimum Gasteiger partial charge on any atom is -0.390 e. The van der Waals surface area contributed by atoms with Gasteiger partial charge in [-0.05, 0) is 24.1 Å². The van der Waals surface area contributed by atoms with Crippen LogP contribution in [0.25, 0.3) is 0 Å². The van der Waals surface area contributed by atoms with Crippen LogP contribution in [0.2, 0.25) is 6.04 Å². The maximum Gasteiger partial charge on any atom is 0.498 e. The Hall–Kier alpha value is -0.753. The van der Waals surface area contributed by atoms with Crippen LogP contribution in [0, 0.1) is 5.82 Å². The lowest BCUT2D eigenvalue weighted by Gasteiger charge is -2.19. The number of aryl methyl sites for hydroxylation is 1. The fourth-order valence-electron chi connectivity index (χ4n) is 1.24. The summed E-state index contributed by atoms with van der Waals surface area (Å²) in [7, 11) is -0.126. The van der Waals surface area contributed by atoms with Gasteiger partial charge < -0.3 is 13.6 Å². The highest BCUT2D eigenvalue weighted by Crippen LogP contribution is 2.13. The molecule has 0 saturated carbocycles. The second kappa shape index (κ2) is 5.36. The first kappa shape index (κ1) is 12.3. The highest BCUT2D eigenvalue weighted by Gasteiger charge is 2.33. The maximum absolute atomic E-state index is 12.6. The fraction of sp³-hybridized carbons (Fsp3) is 0.400. The molecule has 0 fully saturated rings. The van der Waals surface area contributed by atoms with E-state index in [1.165, 1.54) is 26.4 Å². The van der Waals surface area contributed by atoms with E-state index in [4.69, 9.17) is 8.85 Å². The average Bonchev–Trinajstić information content (AvgIpc) is 2.28. The predicted molar refractivity (Wildman–Crippen MR) is 56.9 cm³/mol. The van der Waals surface area contributed by atoms with Crippen molar-refractivity contribution in [3.63, 3.8) is 0 Å². The molecule has 0 saturated heterocycles. The van der Waals surface area contributed by atoms with Crippen LogP contribution in [0.1, 0.15) is 5.56 Å². The molecule has 15 heavy (non-hydrogen) atoms. The van der Waals surface area contributed by atoms with Crippen molar-refractivity contribution >= 4 is 8.80 Å². The first-order valence-corrected chi connectivity index (χ1v) is 6.64. The fourth-order valence-corrected chi connectivity index (χ4v) is 2.42. The molecule has 0 aromatic heterocycles. The molecule has 1 N–H and O–H groups in total. The monoisotopic (exact) mass is 230 g/mol. The van der Waals surface area contributed by atoms with Gasteiger partial charge in [-0.25, -0.2) is 4.39 Å². The van der Waals surface area contributed by atoms with Crippen LogP contribution in [0.15, 0.2) is 24.3 Å². The normalized spacial score (nSPS) is 11.7. The van der Waals surface area contributed by atoms with Crippen LogP contribution in [-0.4, -0.2) is 27.8 Å². The zero-order valence-corrected chi connectivity index (χ0v) is 9.87. The van der Waals surface area contributed by atoms with E-state index in [-0.39, 0.29) is 5.82 Å². The van der Waals surface area contributed by atoms with Crippen molar-refractivity contribution < 1.29 is 18.0 Å². The van der Waals surface area contributed by atoms with Crippen LogP contribution in [-0.2, 0) is 15.3 Å². The Morgan fingerprint density at radius 2 is 1.73 bits per heavy atom. The highest BCUT2D eigenvalue weighted by atomic mass is 28.4. The van der Waals surface area contributed by atoms with Gasteiger partial charge >= 0.3 is 8.80 Å². The molecule has 0 heterocycles. The number of hydrogen-bond acceptors (Lipinski definition) is 3. The molecular formula is C10H15FO3Si. The van der Waals surface area contributed by atoms with Crippen LogP contribution < -0.4 is 0 Å². The second-order valence-corrected chi connectivity index (χ2v) is 5.99. The summed E-state index contributed by atoms with van der Waals surface area (Å²) in [6, 6.07) is 6.61. The summed E-state index contributed by atoms with van der Waals surface area (Å²) < 4.78 is 22.5. The van der Waals surface area contributed by atoms with E-state index in [0.717, 1.165) is 5.56 Å². The summed E-state index contributed by atoms with van der Waals surface area (Å²) in [5.74, 6) is -0.260. The SMILES string of the molecule is CO[Si](O)(CCc1ccc(F)cc1)OC. The van der Waals surface area contributed by atoms with Crippen molar-refractivity contribution in [2.45, 2.75) is 12.5 Å². The van der Waals surface area contributed by atoms with Gasteiger partial charge in [0.05, 0.1) is 0 Å². The number of rotatable bonds is 5. The van der Waals surface area contributed by atoms with Gasteiger partial charge in [0, 0.05) is 20.3 Å². The summed E-state index contributed by atoms with van der Waals surface area (Å²) in [4.78, 5) is 9.77. The maximum atomic E-state index is 12.6. The van der Waals surface area contributed by atoms with Crippen molar-refractivity contribution in [2.24, 2.45) is 0 Å². The van der Waals surface area contributed by atoms with Crippen molar-refractivity contribution in [1.82, 2.24) is 0 Å². The Morgan fingerprint density at radius 3 is 2.20 bits per heavy atom. The Kier molecular flexibility index (Phi) is 4.40. The lowest BCUT2D eigenvalue weighted by atomic mass is 10.2. The van der Waals surface area contributed by atoms with Crippen molar-refractivity contribution in [3.05, 3.63) is 35.6 Å². The van der Waals surface area contributed by atoms with Gasteiger partial charge in [0.25, 0.3) is 0 Å². The van der Waals surface area contributed by atoms with E-state index in [9.17, 15) is 9.19 Å². The molecule has 0 aliphatic rings. The Labute approximate surface area is 89.8 Å². The van der Waals surface area contributed by atoms with Crippen LogP contribution in [0.4, 0.5) is 4.39 Å². The van der Waals surface area contributed by atoms with E-state index in [1.807, 2.05) is 0 Å². The minimum atomic E-state index is -2.99. The number of halogens is 1. The summed E-state index contributed by atoms with van der Waals surface area (Å²) >= 11 is 0. The molecule has 0 spiro atoms. The lowest BCUT2D eigenvalue weighted by molar-refractivity contribution is 0.151. The highest BCUT2D eigenvalue weighted by molar-refractivity contribution is 6.59. The summed E-state index contributed by atoms with van der Waals surface area (Å²) in [6.45, 7) is 0. The molecular weight excluding hydrogens is 215 g/mol. The minimum absolute atomic E-state index is 0.260. The second-order valence-electron chi connectivity index (χ2n) is 3.25. The molecule has 1 rings (SSSR count). The Balaban J connectivity index is 2.53. The third kappa shape index (κ3) is 3.71. The topological polar surface area (TPSA) is 38.7 Å². The summed E-state index contributed by atoms with van der Waals surface area (Å²) in [6.07, 6.45) is 0.616. The molecule has 0 aliphatic heterocycles. The quantitative estimate of drug-likeness (QED) is 0.781. The number of benzene rings is 1. The molecule has 3 nitrogen and oxygen atoms in total. The molecule has 0 radical (unpaired) electrons. The first-order valence-electron chi connectivity index (χ1n) is 4.67. The zero-order chi connectivity index (χ0) is 11.3. The molecule has 84 valence electrons. The summed E-state index contributed by atoms with van der Waals surface area (Å²) in [5.41, 5.74) is 0.955. The van der Waals surface area contributed by atoms with Crippen molar-refractivity contribution in [3.8, 4) is 0 Å². The third-order valence-electron chi connectivity index (χ3n) is 2.28. The number of hydrogen-bond donors (Lipinski definition) is 1. The van der Waals surface area contributed by atoms with Gasteiger partial charge in [0.1, 0.15) is 5.82 Å². The standard InChI is InChI=1S/C10H15FO3Si/c1-13-15(12,14-2)8-7-9-3-5-10(11)6-4-9/h3-6,12H,7-8H2,1-2H3. The summed E-state index contributed by atoms with van der Waals surface area (Å²) in [5, 5.41) is 0. The molecule has 1 aromatic carbocycles. The van der Waals surface area contributed by atoms with E-state index < -0.39 is 8.80 Å². The van der Waals surface area contributed by atoms with Gasteiger partial charge in [0.2, 0.25) is 0 Å². The molecule has 5 heteroatoms. The van der Waals surface area contributed by atoms with Crippen LogP contribution in [0.5, 0.6) is 0 Å². The van der Waals surface area contributed by atoms with E-state index in [0.29, 0.717) is 12.5 Å². The van der Waals surface area contributed by atoms with E-state index in [2.05, 4.69) is 0 Å². The lowest BCUT2D eigenvalue weighted by Crippen LogP contribution is -2.40. The van der Waals surface area contributed by atoms with Gasteiger partial charge in [-0.3, -0.25) is 0 Å². The smallest absolute Gasteiger partial charge is 0.390 e. The van der Waals surface area contributed by atoms with Crippen molar-refractivity contribution in [2.75, 3.05) is 14.2 Å². The molecule has 0 aliphatic carbocycles. The van der Waals surface area contributed by atoms with E-state index in [1.54, 1.807) is 12.1 Å². The molecule has 0 unspecified atom stereocenters. The molecule has 0 atom stereocenters. The predicted octanol–water partition coefficient (Wildman–Crippen LogP) is 1.59. The largest absolute Gasteiger partial charge is 0.498 e. The third-order valence-corrected chi connectivity index (χ3v) is 4.44. The zero-order valence-electron chi connectivity index (χ0n) is 8.87. The first-order chi connectivity index (χ1) is 7.09. The van der Waals surface area contributed by atoms with Gasteiger partial charge in [-0.2, -0.15) is 0 Å². The average molecular weight is 230 g/mol. The van der Waals surface area contributed by atoms with Crippen LogP contribution in [0.3, 0.4) is 0 Å². The molecule has 0 bridgehead atoms. The van der Waals surface area contributed by atoms with Crippen molar-refractivity contribution in [1.29, 1.82) is 0 Å². The molecule has 0 amide bonds.